The van der Waals surface area contributed by atoms with E-state index < -0.39 is 0 Å². The van der Waals surface area contributed by atoms with Gasteiger partial charge in [0.25, 0.3) is 0 Å². The van der Waals surface area contributed by atoms with Crippen LogP contribution in [-0.2, 0) is 0 Å². The van der Waals surface area contributed by atoms with Gasteiger partial charge >= 0.3 is 6.03 Å². The van der Waals surface area contributed by atoms with Crippen LogP contribution in [0.5, 0.6) is 11.5 Å². The first-order valence-electron chi connectivity index (χ1n) is 8.32. The molecule has 0 spiro atoms. The molecule has 1 aliphatic heterocycles. The Kier molecular flexibility index (Phi) is 4.68. The zero-order valence-corrected chi connectivity index (χ0v) is 15.7. The number of urea groups is 1. The molecule has 1 saturated heterocycles. The largest absolute Gasteiger partial charge is 0.493 e. The number of thiophene rings is 1. The first-order valence-corrected chi connectivity index (χ1v) is 9.27. The van der Waals surface area contributed by atoms with Gasteiger partial charge in [-0.3, -0.25) is 0 Å². The van der Waals surface area contributed by atoms with Gasteiger partial charge in [-0.05, 0) is 23.6 Å². The van der Waals surface area contributed by atoms with Crippen molar-refractivity contribution in [1.29, 1.82) is 0 Å². The fraction of sp³-hybridized carbons (Fsp3) is 0.278. The molecule has 0 saturated carbocycles. The van der Waals surface area contributed by atoms with Crippen molar-refractivity contribution < 1.29 is 18.8 Å². The van der Waals surface area contributed by atoms with Crippen molar-refractivity contribution in [3.63, 3.8) is 0 Å². The summed E-state index contributed by atoms with van der Waals surface area (Å²) in [5.41, 5.74) is 1.50. The van der Waals surface area contributed by atoms with Gasteiger partial charge in [-0.15, -0.1) is 0 Å². The van der Waals surface area contributed by atoms with Gasteiger partial charge in [0.15, 0.2) is 11.5 Å². The number of carbonyl (C=O) groups is 1. The van der Waals surface area contributed by atoms with Gasteiger partial charge in [-0.25, -0.2) is 4.79 Å². The van der Waals surface area contributed by atoms with Crippen molar-refractivity contribution in [3.05, 3.63) is 40.9 Å². The van der Waals surface area contributed by atoms with Gasteiger partial charge in [0.2, 0.25) is 11.7 Å². The van der Waals surface area contributed by atoms with E-state index in [0.717, 1.165) is 5.56 Å². The second-order valence-corrected chi connectivity index (χ2v) is 6.82. The topological polar surface area (TPSA) is 89.7 Å². The Hall–Kier alpha value is -3.07. The van der Waals surface area contributed by atoms with E-state index in [2.05, 4.69) is 15.5 Å². The number of hydrogen-bond donors (Lipinski definition) is 1. The molecule has 9 heteroatoms. The number of carbonyl (C=O) groups excluding carboxylic acids is 1. The van der Waals surface area contributed by atoms with Crippen LogP contribution in [0.15, 0.2) is 39.5 Å². The number of amides is 2. The molecular weight excluding hydrogens is 368 g/mol. The van der Waals surface area contributed by atoms with Crippen molar-refractivity contribution in [1.82, 2.24) is 15.0 Å². The lowest BCUT2D eigenvalue weighted by Gasteiger charge is -2.37. The van der Waals surface area contributed by atoms with Crippen LogP contribution in [0.1, 0.15) is 11.8 Å². The number of anilines is 1. The molecule has 0 aliphatic carbocycles. The fourth-order valence-corrected chi connectivity index (χ4v) is 3.52. The average molecular weight is 386 g/mol. The highest BCUT2D eigenvalue weighted by atomic mass is 32.1. The van der Waals surface area contributed by atoms with Gasteiger partial charge in [0.05, 0.1) is 25.8 Å². The maximum atomic E-state index is 12.5. The predicted octanol–water partition coefficient (Wildman–Crippen LogP) is 3.45. The van der Waals surface area contributed by atoms with Crippen LogP contribution in [0.25, 0.3) is 11.4 Å². The Balaban J connectivity index is 1.38. The first-order chi connectivity index (χ1) is 13.2. The standard InChI is InChI=1S/C18H18N4O4S/c1-24-14-5-3-4-13(15(14)25-2)19-18(23)22-8-12(9-22)17-20-16(21-26-17)11-6-7-27-10-11/h3-7,10,12H,8-9H2,1-2H3,(H,19,23). The molecule has 3 aromatic rings. The van der Waals surface area contributed by atoms with Crippen LogP contribution in [-0.4, -0.2) is 48.4 Å². The lowest BCUT2D eigenvalue weighted by Crippen LogP contribution is -2.50. The summed E-state index contributed by atoms with van der Waals surface area (Å²) < 4.78 is 15.9. The number of likely N-dealkylation sites (tertiary alicyclic amines) is 1. The fourth-order valence-electron chi connectivity index (χ4n) is 2.89. The summed E-state index contributed by atoms with van der Waals surface area (Å²) in [6, 6.07) is 7.06. The highest BCUT2D eigenvalue weighted by molar-refractivity contribution is 7.08. The molecule has 27 heavy (non-hydrogen) atoms. The minimum atomic E-state index is -0.213. The van der Waals surface area contributed by atoms with Crippen LogP contribution in [0.3, 0.4) is 0 Å². The van der Waals surface area contributed by atoms with Crippen molar-refractivity contribution in [2.24, 2.45) is 0 Å². The number of ether oxygens (including phenoxy) is 2. The first kappa shape index (κ1) is 17.3. The predicted molar refractivity (Wildman–Crippen MR) is 100 cm³/mol. The third-order valence-electron chi connectivity index (χ3n) is 4.38. The molecule has 8 nitrogen and oxygen atoms in total. The molecule has 2 aromatic heterocycles. The normalized spacial score (nSPS) is 13.9. The highest BCUT2D eigenvalue weighted by Gasteiger charge is 2.36. The van der Waals surface area contributed by atoms with Crippen molar-refractivity contribution in [2.75, 3.05) is 32.6 Å². The number of methoxy groups -OCH3 is 2. The summed E-state index contributed by atoms with van der Waals surface area (Å²) in [6.07, 6.45) is 0. The maximum Gasteiger partial charge on any atom is 0.321 e. The molecule has 0 atom stereocenters. The molecule has 1 aromatic carbocycles. The molecule has 0 bridgehead atoms. The smallest absolute Gasteiger partial charge is 0.321 e. The minimum Gasteiger partial charge on any atom is -0.493 e. The summed E-state index contributed by atoms with van der Waals surface area (Å²) in [5.74, 6) is 2.23. The number of para-hydroxylation sites is 1. The molecule has 0 unspecified atom stereocenters. The Morgan fingerprint density at radius 1 is 1.30 bits per heavy atom. The molecular formula is C18H18N4O4S. The van der Waals surface area contributed by atoms with E-state index in [1.165, 1.54) is 7.11 Å². The lowest BCUT2D eigenvalue weighted by molar-refractivity contribution is 0.147. The van der Waals surface area contributed by atoms with Crippen LogP contribution < -0.4 is 14.8 Å². The van der Waals surface area contributed by atoms with E-state index in [-0.39, 0.29) is 11.9 Å². The number of nitrogens with zero attached hydrogens (tertiary/aromatic N) is 3. The van der Waals surface area contributed by atoms with E-state index in [0.29, 0.717) is 42.0 Å². The average Bonchev–Trinajstić information content (AvgIpc) is 3.31. The Morgan fingerprint density at radius 3 is 2.85 bits per heavy atom. The Morgan fingerprint density at radius 2 is 2.15 bits per heavy atom. The minimum absolute atomic E-state index is 0.0443. The van der Waals surface area contributed by atoms with Crippen molar-refractivity contribution in [3.8, 4) is 22.9 Å². The third-order valence-corrected chi connectivity index (χ3v) is 5.07. The van der Waals surface area contributed by atoms with Gasteiger partial charge in [-0.1, -0.05) is 11.2 Å². The van der Waals surface area contributed by atoms with Gasteiger partial charge in [0.1, 0.15) is 0 Å². The zero-order valence-electron chi connectivity index (χ0n) is 14.8. The Labute approximate surface area is 159 Å². The second-order valence-electron chi connectivity index (χ2n) is 6.04. The number of benzene rings is 1. The monoisotopic (exact) mass is 386 g/mol. The number of nitrogens with one attached hydrogen (secondary N) is 1. The molecule has 0 radical (unpaired) electrons. The molecule has 1 aliphatic rings. The number of aromatic nitrogens is 2. The quantitative estimate of drug-likeness (QED) is 0.722. The van der Waals surface area contributed by atoms with Gasteiger partial charge < -0.3 is 24.2 Å². The second kappa shape index (κ2) is 7.28. The van der Waals surface area contributed by atoms with Gasteiger partial charge in [-0.2, -0.15) is 16.3 Å². The van der Waals surface area contributed by atoms with E-state index in [1.54, 1.807) is 41.5 Å². The van der Waals surface area contributed by atoms with Crippen LogP contribution in [0, 0.1) is 0 Å². The van der Waals surface area contributed by atoms with E-state index in [1.807, 2.05) is 16.8 Å². The number of rotatable bonds is 5. The molecule has 2 amide bonds. The Bertz CT molecular complexity index is 935. The number of hydrogen-bond acceptors (Lipinski definition) is 7. The van der Waals surface area contributed by atoms with Crippen molar-refractivity contribution in [2.45, 2.75) is 5.92 Å². The third kappa shape index (κ3) is 3.33. The summed E-state index contributed by atoms with van der Waals surface area (Å²) in [7, 11) is 3.09. The van der Waals surface area contributed by atoms with Crippen molar-refractivity contribution >= 4 is 23.1 Å². The van der Waals surface area contributed by atoms with Crippen LogP contribution in [0.2, 0.25) is 0 Å². The van der Waals surface area contributed by atoms with Crippen LogP contribution in [0.4, 0.5) is 10.5 Å². The molecule has 1 fully saturated rings. The molecule has 140 valence electrons. The SMILES string of the molecule is COc1cccc(NC(=O)N2CC(c3nc(-c4ccsc4)no3)C2)c1OC. The van der Waals surface area contributed by atoms with Crippen LogP contribution >= 0.6 is 11.3 Å². The highest BCUT2D eigenvalue weighted by Crippen LogP contribution is 2.35. The van der Waals surface area contributed by atoms with E-state index in [9.17, 15) is 4.79 Å². The van der Waals surface area contributed by atoms with E-state index >= 15 is 0 Å². The summed E-state index contributed by atoms with van der Waals surface area (Å²) in [6.45, 7) is 1.03. The lowest BCUT2D eigenvalue weighted by atomic mass is 10.0. The summed E-state index contributed by atoms with van der Waals surface area (Å²) >= 11 is 1.58. The molecule has 4 rings (SSSR count). The summed E-state index contributed by atoms with van der Waals surface area (Å²) in [5, 5.41) is 10.8. The summed E-state index contributed by atoms with van der Waals surface area (Å²) in [4.78, 5) is 18.6. The zero-order chi connectivity index (χ0) is 18.8. The molecule has 1 N–H and O–H groups in total. The van der Waals surface area contributed by atoms with E-state index in [4.69, 9.17) is 14.0 Å². The maximum absolute atomic E-state index is 12.5. The molecule has 3 heterocycles. The van der Waals surface area contributed by atoms with Gasteiger partial charge in [0, 0.05) is 24.0 Å².